The number of thiazole rings is 1. The molecule has 3 heterocycles. The lowest BCUT2D eigenvalue weighted by Crippen LogP contribution is -2.71. The van der Waals surface area contributed by atoms with Crippen LogP contribution in [-0.2, 0) is 29.6 Å². The molecule has 0 radical (unpaired) electrons. The number of amides is 2. The second kappa shape index (κ2) is 16.9. The first-order valence-electron chi connectivity index (χ1n) is 18.1. The summed E-state index contributed by atoms with van der Waals surface area (Å²) in [7, 11) is 0. The average molecular weight is 847 g/mol. The normalized spacial score (nSPS) is 16.7. The van der Waals surface area contributed by atoms with Crippen molar-refractivity contribution in [1.82, 2.24) is 15.2 Å². The van der Waals surface area contributed by atoms with Crippen LogP contribution >= 0.6 is 46.3 Å². The highest BCUT2D eigenvalue weighted by Gasteiger charge is 2.55. The third-order valence-electron chi connectivity index (χ3n) is 9.69. The van der Waals surface area contributed by atoms with Gasteiger partial charge in [-0.2, -0.15) is 0 Å². The van der Waals surface area contributed by atoms with Gasteiger partial charge in [0.15, 0.2) is 16.9 Å². The number of rotatable bonds is 12. The fourth-order valence-corrected chi connectivity index (χ4v) is 9.45. The lowest BCUT2D eigenvalue weighted by Gasteiger charge is -2.49. The molecule has 8 rings (SSSR count). The average Bonchev–Trinajstić information content (AvgIpc) is 3.61. The van der Waals surface area contributed by atoms with Gasteiger partial charge >= 0.3 is 5.97 Å². The number of hydrogen-bond donors (Lipinski definition) is 2. The molecule has 2 amide bonds. The van der Waals surface area contributed by atoms with Crippen molar-refractivity contribution in [2.24, 2.45) is 5.16 Å². The molecule has 290 valence electrons. The van der Waals surface area contributed by atoms with Gasteiger partial charge in [0.1, 0.15) is 27.1 Å². The van der Waals surface area contributed by atoms with E-state index in [0.29, 0.717) is 0 Å². The number of oxime groups is 1. The Morgan fingerprint density at radius 2 is 1.28 bits per heavy atom. The molecule has 1 fully saturated rings. The molecule has 0 unspecified atom stereocenters. The minimum atomic E-state index is -1.35. The van der Waals surface area contributed by atoms with Crippen molar-refractivity contribution in [2.45, 2.75) is 23.1 Å². The predicted molar refractivity (Wildman–Crippen MR) is 227 cm³/mol. The van der Waals surface area contributed by atoms with Crippen molar-refractivity contribution in [2.75, 3.05) is 11.5 Å². The largest absolute Gasteiger partial charge is 0.448 e. The lowest BCUT2D eigenvalue weighted by molar-refractivity contribution is -0.154. The molecule has 0 bridgehead atoms. The summed E-state index contributed by atoms with van der Waals surface area (Å²) in [5, 5.41) is 6.90. The van der Waals surface area contributed by atoms with E-state index in [2.05, 4.69) is 15.5 Å². The van der Waals surface area contributed by atoms with Gasteiger partial charge < -0.3 is 20.6 Å². The maximum atomic E-state index is 14.4. The first-order chi connectivity index (χ1) is 28.3. The number of carbonyl (C=O) groups is 3. The van der Waals surface area contributed by atoms with Gasteiger partial charge in [-0.15, -0.1) is 11.8 Å². The molecular formula is C44H33Cl2N5O5S2. The number of β-lactam (4-membered cyclic amide) rings is 1. The van der Waals surface area contributed by atoms with E-state index in [4.69, 9.17) is 38.5 Å². The van der Waals surface area contributed by atoms with Crippen molar-refractivity contribution in [1.29, 1.82) is 0 Å². The molecule has 6 aromatic rings. The summed E-state index contributed by atoms with van der Waals surface area (Å²) in [4.78, 5) is 54.6. The third-order valence-corrected chi connectivity index (χ3v) is 12.5. The summed E-state index contributed by atoms with van der Waals surface area (Å²) in [6.07, 6.45) is -0.768. The van der Waals surface area contributed by atoms with Crippen LogP contribution in [0.15, 0.2) is 168 Å². The lowest BCUT2D eigenvalue weighted by atomic mass is 9.80. The van der Waals surface area contributed by atoms with Crippen LogP contribution in [-0.4, -0.2) is 50.5 Å². The van der Waals surface area contributed by atoms with Crippen LogP contribution in [0.3, 0.4) is 0 Å². The smallest absolute Gasteiger partial charge is 0.357 e. The number of halogens is 2. The Hall–Kier alpha value is -5.92. The zero-order valence-corrected chi connectivity index (χ0v) is 33.6. The van der Waals surface area contributed by atoms with E-state index in [-0.39, 0.29) is 37.4 Å². The fourth-order valence-electron chi connectivity index (χ4n) is 6.97. The number of benzene rings is 5. The Labute approximate surface area is 352 Å². The number of hydrogen-bond acceptors (Lipinski definition) is 10. The number of carbonyl (C=O) groups excluding carboxylic acids is 3. The first-order valence-corrected chi connectivity index (χ1v) is 20.7. The van der Waals surface area contributed by atoms with Crippen molar-refractivity contribution in [3.63, 3.8) is 0 Å². The molecule has 14 heteroatoms. The van der Waals surface area contributed by atoms with Crippen LogP contribution in [0.5, 0.6) is 0 Å². The van der Waals surface area contributed by atoms with E-state index >= 15 is 0 Å². The van der Waals surface area contributed by atoms with Crippen molar-refractivity contribution in [3.8, 4) is 0 Å². The summed E-state index contributed by atoms with van der Waals surface area (Å²) >= 11 is 15.5. The Bertz CT molecular complexity index is 2370. The molecule has 58 heavy (non-hydrogen) atoms. The number of nitrogen functional groups attached to an aromatic ring is 1. The molecular weight excluding hydrogens is 814 g/mol. The Kier molecular flexibility index (Phi) is 11.3. The number of anilines is 1. The topological polar surface area (TPSA) is 136 Å². The summed E-state index contributed by atoms with van der Waals surface area (Å²) in [6.45, 7) is 0. The highest BCUT2D eigenvalue weighted by molar-refractivity contribution is 8.00. The van der Waals surface area contributed by atoms with Crippen molar-refractivity contribution in [3.05, 3.63) is 200 Å². The SMILES string of the molecule is Nc1nc(/C(=N/OC(c2ccccc2)(c2ccccc2)c2ccccc2)C(=O)N[C@@H]2C(=O)N3C(C(=O)OC(c4ccccc4)c4ccccc4)=C(Cl)CS[C@H]23)c(Cl)s1. The second-order valence-corrected chi connectivity index (χ2v) is 16.4. The standard InChI is InChI=1S/C44H33Cl2N5O5S2/c45-32-26-57-41-35(40(53)51(41)36(32)42(54)55-37(27-16-6-1-7-17-27)28-18-8-2-9-19-28)48-39(52)34(33-38(46)58-43(47)49-33)50-56-44(29-20-10-3-11-21-29,30-22-12-4-13-23-30)31-24-14-5-15-25-31/h1-25,35,37,41H,26H2,(H2,47,49)(H,48,52)/b50-34-/t35-,41-/m1/s1. The number of thioether (sulfide) groups is 1. The van der Waals surface area contributed by atoms with Gasteiger partial charge in [-0.1, -0.05) is 191 Å². The van der Waals surface area contributed by atoms with Crippen LogP contribution in [0.25, 0.3) is 0 Å². The molecule has 3 N–H and O–H groups in total. The molecule has 2 aliphatic rings. The molecule has 1 aromatic heterocycles. The van der Waals surface area contributed by atoms with E-state index < -0.39 is 40.9 Å². The van der Waals surface area contributed by atoms with Crippen molar-refractivity contribution >= 4 is 74.9 Å². The molecule has 2 atom stereocenters. The zero-order chi connectivity index (χ0) is 40.2. The number of nitrogens with zero attached hydrogens (tertiary/aromatic N) is 3. The van der Waals surface area contributed by atoms with Gasteiger partial charge in [0.2, 0.25) is 5.60 Å². The highest BCUT2D eigenvalue weighted by Crippen LogP contribution is 2.44. The summed E-state index contributed by atoms with van der Waals surface area (Å²) in [5.41, 5.74) is 7.97. The summed E-state index contributed by atoms with van der Waals surface area (Å²) < 4.78 is 6.19. The molecule has 10 nitrogen and oxygen atoms in total. The first kappa shape index (κ1) is 38.9. The van der Waals surface area contributed by atoms with Crippen LogP contribution in [0.2, 0.25) is 4.34 Å². The van der Waals surface area contributed by atoms with Gasteiger partial charge in [-0.25, -0.2) is 9.78 Å². The van der Waals surface area contributed by atoms with E-state index in [9.17, 15) is 14.4 Å². The summed E-state index contributed by atoms with van der Waals surface area (Å²) in [6, 6.07) is 46.0. The Morgan fingerprint density at radius 3 is 1.74 bits per heavy atom. The van der Waals surface area contributed by atoms with Gasteiger partial charge in [0.05, 0.1) is 5.03 Å². The quantitative estimate of drug-likeness (QED) is 0.0413. The number of nitrogens with one attached hydrogen (secondary N) is 1. The number of fused-ring (bicyclic) bond motifs is 1. The van der Waals surface area contributed by atoms with Gasteiger partial charge in [-0.3, -0.25) is 14.5 Å². The Morgan fingerprint density at radius 1 is 0.793 bits per heavy atom. The highest BCUT2D eigenvalue weighted by atomic mass is 35.5. The van der Waals surface area contributed by atoms with Crippen molar-refractivity contribution < 1.29 is 24.0 Å². The number of aromatic nitrogens is 1. The summed E-state index contributed by atoms with van der Waals surface area (Å²) in [5.74, 6) is -1.94. The van der Waals surface area contributed by atoms with E-state index in [1.54, 1.807) is 0 Å². The van der Waals surface area contributed by atoms with E-state index in [1.807, 2.05) is 152 Å². The van der Waals surface area contributed by atoms with Crippen LogP contribution in [0.4, 0.5) is 5.13 Å². The minimum absolute atomic E-state index is 0.0234. The van der Waals surface area contributed by atoms with Gasteiger partial charge in [-0.05, 0) is 11.1 Å². The number of nitrogens with two attached hydrogens (primary N) is 1. The maximum absolute atomic E-state index is 14.4. The van der Waals surface area contributed by atoms with E-state index in [1.165, 1.54) is 16.7 Å². The predicted octanol–water partition coefficient (Wildman–Crippen LogP) is 8.27. The fraction of sp³-hybridized carbons (Fsp3) is 0.114. The van der Waals surface area contributed by atoms with Gasteiger partial charge in [0, 0.05) is 22.4 Å². The van der Waals surface area contributed by atoms with Crippen LogP contribution in [0.1, 0.15) is 39.6 Å². The molecule has 0 aliphatic carbocycles. The zero-order valence-electron chi connectivity index (χ0n) is 30.4. The Balaban J connectivity index is 1.11. The molecule has 1 saturated heterocycles. The molecule has 0 saturated carbocycles. The van der Waals surface area contributed by atoms with Crippen LogP contribution < -0.4 is 11.1 Å². The number of ether oxygens (including phenoxy) is 1. The molecule has 5 aromatic carbocycles. The van der Waals surface area contributed by atoms with Crippen LogP contribution in [0, 0.1) is 0 Å². The minimum Gasteiger partial charge on any atom is -0.448 e. The molecule has 0 spiro atoms. The monoisotopic (exact) mass is 845 g/mol. The van der Waals surface area contributed by atoms with E-state index in [0.717, 1.165) is 39.2 Å². The van der Waals surface area contributed by atoms with Gasteiger partial charge in [0.25, 0.3) is 11.8 Å². The maximum Gasteiger partial charge on any atom is 0.357 e. The number of esters is 1. The second-order valence-electron chi connectivity index (χ2n) is 13.2. The molecule has 2 aliphatic heterocycles. The third kappa shape index (κ3) is 7.47.